The van der Waals surface area contributed by atoms with Crippen LogP contribution in [-0.2, 0) is 90.8 Å². The van der Waals surface area contributed by atoms with Crippen LogP contribution in [0.3, 0.4) is 0 Å². The predicted octanol–water partition coefficient (Wildman–Crippen LogP) is 12.5. The molecule has 0 saturated heterocycles. The van der Waals surface area contributed by atoms with E-state index >= 15 is 0 Å². The number of quaternary nitrogens is 2. The van der Waals surface area contributed by atoms with Crippen LogP contribution in [-0.4, -0.2) is 124 Å². The average Bonchev–Trinajstić information content (AvgIpc) is 3.29. The van der Waals surface area contributed by atoms with Crippen molar-refractivity contribution in [1.82, 2.24) is 0 Å². The van der Waals surface area contributed by atoms with Crippen molar-refractivity contribution >= 4 is 109 Å². The van der Waals surface area contributed by atoms with Crippen molar-refractivity contribution < 1.29 is 122 Å². The first-order valence-electron chi connectivity index (χ1n) is 23.6. The van der Waals surface area contributed by atoms with E-state index in [1.54, 1.807) is 0 Å². The number of halogens is 15. The summed E-state index contributed by atoms with van der Waals surface area (Å²) in [6.45, 7) is 30.0. The summed E-state index contributed by atoms with van der Waals surface area (Å²) in [5.41, 5.74) is 0. The molecule has 0 aliphatic heterocycles. The molecule has 0 aromatic carbocycles. The van der Waals surface area contributed by atoms with Gasteiger partial charge in [0.2, 0.25) is 0 Å². The van der Waals surface area contributed by atoms with Gasteiger partial charge in [0, 0.05) is 0 Å². The van der Waals surface area contributed by atoms with Crippen molar-refractivity contribution in [3.05, 3.63) is 19.6 Å². The van der Waals surface area contributed by atoms with Gasteiger partial charge in [0.1, 0.15) is 0 Å². The molecule has 0 rings (SSSR count). The predicted molar refractivity (Wildman–Crippen MR) is 273 cm³/mol. The molecule has 0 fully saturated rings. The third kappa shape index (κ3) is 58.8. The first-order chi connectivity index (χ1) is 33.6. The number of unbranched alkanes of at least 4 members (excludes halogenated alkanes) is 8. The van der Waals surface area contributed by atoms with E-state index in [-0.39, 0.29) is 21.1 Å². The molecule has 0 bridgehead atoms. The van der Waals surface area contributed by atoms with Crippen LogP contribution in [0.15, 0.2) is 19.6 Å². The standard InChI is InChI=1S/2C16H36N.2C4H2F6S2.2C2H2O4.CHCl3.Mo/c2*1-5-9-13-17(14-10-6-2,15-11-7-3)16-12-8-4;2*5-3(6,7)1(11)2(12)4(8,9)10;2*3-1(4)2(5)6;2-1(3)4;/h2*5-16H2,1-4H3;2*11-12H;2*(H,3,4)(H,5,6);1H;/q2*+1;;;;;;+4/p-6/b;;2*2-1-;;;;. The molecular formula is C45H75Cl3F12MoN2O8S4. The Labute approximate surface area is 487 Å². The van der Waals surface area contributed by atoms with Crippen molar-refractivity contribution in [2.75, 3.05) is 52.4 Å². The van der Waals surface area contributed by atoms with Gasteiger partial charge in [-0.1, -0.05) is 142 Å². The number of carbonyl (C=O) groups is 4. The van der Waals surface area contributed by atoms with Crippen LogP contribution in [0.4, 0.5) is 52.7 Å². The van der Waals surface area contributed by atoms with Gasteiger partial charge in [-0.15, -0.1) is 19.6 Å². The minimum Gasteiger partial charge on any atom is -0.777 e. The first-order valence-corrected chi connectivity index (χ1v) is 26.5. The largest absolute Gasteiger partial charge is 4.00 e. The van der Waals surface area contributed by atoms with E-state index in [2.05, 4.69) is 106 Å². The molecule has 0 aliphatic carbocycles. The first kappa shape index (κ1) is 90.4. The summed E-state index contributed by atoms with van der Waals surface area (Å²) in [7, 11) is 0. The summed E-state index contributed by atoms with van der Waals surface area (Å²) in [4.78, 5) is 27.2. The maximum absolute atomic E-state index is 11.5. The number of nitrogens with zero attached hydrogens (tertiary/aromatic N) is 2. The molecule has 448 valence electrons. The Hall–Kier alpha value is -1.12. The smallest absolute Gasteiger partial charge is 0.777 e. The molecule has 0 saturated carbocycles. The van der Waals surface area contributed by atoms with E-state index in [1.807, 2.05) is 0 Å². The molecule has 0 amide bonds. The number of rotatable bonds is 24. The molecule has 0 radical (unpaired) electrons. The van der Waals surface area contributed by atoms with Gasteiger partial charge in [0.25, 0.3) is 0 Å². The molecule has 0 unspecified atom stereocenters. The molecule has 0 aromatic rings. The van der Waals surface area contributed by atoms with Crippen molar-refractivity contribution in [1.29, 1.82) is 0 Å². The maximum Gasteiger partial charge on any atom is 4.00 e. The van der Waals surface area contributed by atoms with Gasteiger partial charge in [0.15, 0.2) is 4.30 Å². The Morgan fingerprint density at radius 2 is 0.493 bits per heavy atom. The quantitative estimate of drug-likeness (QED) is 0.0236. The van der Waals surface area contributed by atoms with E-state index in [4.69, 9.17) is 74.4 Å². The second-order valence-electron chi connectivity index (χ2n) is 16.0. The van der Waals surface area contributed by atoms with Crippen LogP contribution in [0, 0.1) is 0 Å². The van der Waals surface area contributed by atoms with Gasteiger partial charge in [0.05, 0.1) is 64.3 Å². The fourth-order valence-electron chi connectivity index (χ4n) is 5.80. The van der Waals surface area contributed by atoms with Crippen molar-refractivity contribution in [3.8, 4) is 0 Å². The monoisotopic (exact) mass is 1330 g/mol. The van der Waals surface area contributed by atoms with E-state index in [0.29, 0.717) is 0 Å². The average molecular weight is 1330 g/mol. The second-order valence-corrected chi connectivity index (χ2v) is 19.7. The number of carbonyl (C=O) groups excluding carboxylic acids is 2. The number of aliphatic carboxylic acids is 4. The summed E-state index contributed by atoms with van der Waals surface area (Å²) in [6, 6.07) is 0. The summed E-state index contributed by atoms with van der Waals surface area (Å²) < 4.78 is 140. The zero-order valence-corrected chi connectivity index (χ0v) is 51.0. The van der Waals surface area contributed by atoms with Gasteiger partial charge in [-0.25, -0.2) is 9.59 Å². The summed E-state index contributed by atoms with van der Waals surface area (Å²) >= 11 is 28.3. The number of carboxylic acids is 4. The Bertz CT molecular complexity index is 1290. The fourth-order valence-corrected chi connectivity index (χ4v) is 6.27. The third-order valence-corrected chi connectivity index (χ3v) is 11.7. The maximum atomic E-state index is 11.5. The molecule has 30 heteroatoms. The Balaban J connectivity index is -0.000000122. The fraction of sp³-hybridized carbons (Fsp3) is 0.822. The summed E-state index contributed by atoms with van der Waals surface area (Å²) in [5.74, 6) is -8.02. The minimum atomic E-state index is -5.19. The molecule has 0 aromatic heterocycles. The SMILES string of the molecule is CCCC[N+](CCCC)(CCCC)CCCC.CCCC[N+](CCCC)(CCCC)CCCC.ClC(Cl)Cl.FC(F)(F)/C([S-])=C(/[S-])C(F)(F)F.FC(F)(F)/C([S-])=C(/[S-])C(F)(F)F.O=C(O)C(=O)O.O=C([O-])C(=O)[O-].[Mo+4]. The van der Waals surface area contributed by atoms with Gasteiger partial charge in [-0.3, -0.25) is 0 Å². The molecule has 0 atom stereocenters. The van der Waals surface area contributed by atoms with Gasteiger partial charge < -0.3 is 89.5 Å². The van der Waals surface area contributed by atoms with E-state index < -0.39 is 72.5 Å². The third-order valence-electron chi connectivity index (χ3n) is 9.68. The summed E-state index contributed by atoms with van der Waals surface area (Å²) in [6.07, 6.45) is 1.35. The zero-order chi connectivity index (χ0) is 60.2. The normalized spacial score (nSPS) is 12.2. The van der Waals surface area contributed by atoms with Crippen LogP contribution in [0.5, 0.6) is 0 Å². The Morgan fingerprint density at radius 1 is 0.387 bits per heavy atom. The molecule has 0 heterocycles. The number of carboxylic acid groups (broad SMARTS) is 4. The molecule has 2 N–H and O–H groups in total. The van der Waals surface area contributed by atoms with Crippen molar-refractivity contribution in [2.24, 2.45) is 0 Å². The van der Waals surface area contributed by atoms with Gasteiger partial charge in [-0.05, 0) is 51.4 Å². The topological polar surface area (TPSA) is 155 Å². The summed E-state index contributed by atoms with van der Waals surface area (Å²) in [5, 5.41) is 32.6. The van der Waals surface area contributed by atoms with Gasteiger partial charge >= 0.3 is 57.7 Å². The zero-order valence-electron chi connectivity index (χ0n) is 43.5. The van der Waals surface area contributed by atoms with Crippen LogP contribution < -0.4 is 10.2 Å². The number of allylic oxidation sites excluding steroid dienone is 4. The number of hydrogen-bond acceptors (Lipinski definition) is 10. The van der Waals surface area contributed by atoms with E-state index in [9.17, 15) is 52.7 Å². The van der Waals surface area contributed by atoms with E-state index in [0.717, 1.165) is 0 Å². The number of alkyl halides is 15. The molecular weight excluding hydrogens is 1260 g/mol. The van der Waals surface area contributed by atoms with Crippen LogP contribution in [0.1, 0.15) is 158 Å². The van der Waals surface area contributed by atoms with Gasteiger partial charge in [-0.2, -0.15) is 52.7 Å². The second kappa shape index (κ2) is 51.1. The van der Waals surface area contributed by atoms with Crippen LogP contribution in [0.25, 0.3) is 0 Å². The number of hydrogen-bond donors (Lipinski definition) is 2. The van der Waals surface area contributed by atoms with E-state index in [1.165, 1.54) is 164 Å². The van der Waals surface area contributed by atoms with Crippen molar-refractivity contribution in [3.63, 3.8) is 0 Å². The molecule has 0 spiro atoms. The Morgan fingerprint density at radius 3 is 0.547 bits per heavy atom. The molecule has 75 heavy (non-hydrogen) atoms. The minimum absolute atomic E-state index is 0. The molecule has 0 aliphatic rings. The Kier molecular flexibility index (Phi) is 61.5. The molecule has 10 nitrogen and oxygen atoms in total. The van der Waals surface area contributed by atoms with Crippen molar-refractivity contribution in [2.45, 2.75) is 187 Å². The van der Waals surface area contributed by atoms with Crippen LogP contribution in [0.2, 0.25) is 0 Å². The van der Waals surface area contributed by atoms with Crippen LogP contribution >= 0.6 is 34.8 Å².